The van der Waals surface area contributed by atoms with Crippen molar-refractivity contribution >= 4 is 45.8 Å². The van der Waals surface area contributed by atoms with Gasteiger partial charge in [-0.3, -0.25) is 9.59 Å². The molecule has 15 heteroatoms. The molecule has 3 fully saturated rings. The maximum atomic E-state index is 14.1. The number of fused-ring (bicyclic) bond motifs is 3. The topological polar surface area (TPSA) is 184 Å². The van der Waals surface area contributed by atoms with E-state index in [4.69, 9.17) is 19.2 Å². The Labute approximate surface area is 354 Å². The summed E-state index contributed by atoms with van der Waals surface area (Å²) in [5.74, 6) is 7.64. The molecule has 5 heterocycles. The summed E-state index contributed by atoms with van der Waals surface area (Å²) in [7, 11) is 2.60. The molecule has 3 aliphatic rings. The van der Waals surface area contributed by atoms with Gasteiger partial charge in [-0.1, -0.05) is 50.0 Å². The summed E-state index contributed by atoms with van der Waals surface area (Å²) in [6, 6.07) is 16.3. The number of methoxy groups -OCH3 is 2. The molecule has 4 atom stereocenters. The van der Waals surface area contributed by atoms with Crippen LogP contribution in [0, 0.1) is 23.7 Å². The Kier molecular flexibility index (Phi) is 12.2. The van der Waals surface area contributed by atoms with Crippen molar-refractivity contribution in [1.29, 1.82) is 0 Å². The Balaban J connectivity index is 0.948. The van der Waals surface area contributed by atoms with Crippen LogP contribution in [0.25, 0.3) is 33.1 Å². The first-order valence-corrected chi connectivity index (χ1v) is 21.1. The highest BCUT2D eigenvalue weighted by atomic mass is 16.5. The van der Waals surface area contributed by atoms with E-state index in [1.54, 1.807) is 11.1 Å². The normalized spacial score (nSPS) is 19.1. The van der Waals surface area contributed by atoms with Gasteiger partial charge in [0.15, 0.2) is 0 Å². The largest absolute Gasteiger partial charge is 0.453 e. The molecule has 0 spiro atoms. The number of nitrogens with zero attached hydrogens (tertiary/aromatic N) is 4. The monoisotopic (exact) mass is 828 g/mol. The maximum Gasteiger partial charge on any atom is 0.407 e. The first-order valence-electron chi connectivity index (χ1n) is 21.1. The summed E-state index contributed by atoms with van der Waals surface area (Å²) in [4.78, 5) is 72.1. The van der Waals surface area contributed by atoms with Gasteiger partial charge in [-0.15, -0.1) is 0 Å². The fraction of sp³-hybridized carbons (Fsp3) is 0.435. The third-order valence-corrected chi connectivity index (χ3v) is 12.2. The second kappa shape index (κ2) is 18.1. The smallest absolute Gasteiger partial charge is 0.407 e. The Morgan fingerprint density at radius 2 is 1.44 bits per heavy atom. The van der Waals surface area contributed by atoms with Crippen LogP contribution in [0.3, 0.4) is 0 Å². The predicted molar refractivity (Wildman–Crippen MR) is 228 cm³/mol. The van der Waals surface area contributed by atoms with Crippen molar-refractivity contribution in [1.82, 2.24) is 40.4 Å². The van der Waals surface area contributed by atoms with Crippen molar-refractivity contribution in [2.75, 3.05) is 40.5 Å². The van der Waals surface area contributed by atoms with E-state index in [0.29, 0.717) is 45.0 Å². The van der Waals surface area contributed by atoms with Crippen LogP contribution in [0.4, 0.5) is 9.59 Å². The molecule has 4 amide bonds. The van der Waals surface area contributed by atoms with Crippen molar-refractivity contribution < 1.29 is 33.4 Å². The van der Waals surface area contributed by atoms with Gasteiger partial charge in [0.1, 0.15) is 23.7 Å². The van der Waals surface area contributed by atoms with Crippen LogP contribution in [-0.4, -0.2) is 106 Å². The van der Waals surface area contributed by atoms with Crippen molar-refractivity contribution in [3.8, 4) is 23.1 Å². The van der Waals surface area contributed by atoms with E-state index in [9.17, 15) is 19.2 Å². The molecule has 61 heavy (non-hydrogen) atoms. The third-order valence-electron chi connectivity index (χ3n) is 12.2. The summed E-state index contributed by atoms with van der Waals surface area (Å²) in [5, 5.41) is 7.54. The molecule has 8 rings (SSSR count). The number of carbonyl (C=O) groups is 4. The molecule has 0 unspecified atom stereocenters. The number of imidazole rings is 2. The summed E-state index contributed by atoms with van der Waals surface area (Å²) < 4.78 is 15.2. The van der Waals surface area contributed by atoms with Gasteiger partial charge in [0.25, 0.3) is 0 Å². The van der Waals surface area contributed by atoms with Crippen LogP contribution < -0.4 is 10.6 Å². The summed E-state index contributed by atoms with van der Waals surface area (Å²) in [6.07, 6.45) is 5.14. The molecule has 0 saturated carbocycles. The molecule has 5 aromatic rings. The number of nitrogens with one attached hydrogen (secondary N) is 4. The van der Waals surface area contributed by atoms with Crippen molar-refractivity contribution in [2.24, 2.45) is 11.8 Å². The second-order valence-electron chi connectivity index (χ2n) is 16.3. The molecule has 0 radical (unpaired) electrons. The third kappa shape index (κ3) is 8.77. The summed E-state index contributed by atoms with van der Waals surface area (Å²) in [5.41, 5.74) is 5.24. The van der Waals surface area contributed by atoms with Gasteiger partial charge in [-0.25, -0.2) is 19.6 Å². The lowest BCUT2D eigenvalue weighted by Gasteiger charge is -2.34. The molecule has 2 aromatic heterocycles. The summed E-state index contributed by atoms with van der Waals surface area (Å²) >= 11 is 0. The zero-order valence-corrected chi connectivity index (χ0v) is 35.0. The molecular weight excluding hydrogens is 777 g/mol. The maximum absolute atomic E-state index is 14.1. The van der Waals surface area contributed by atoms with Crippen LogP contribution in [0.5, 0.6) is 0 Å². The number of benzene rings is 3. The predicted octanol–water partition coefficient (Wildman–Crippen LogP) is 6.36. The molecular formula is C46H52N8O7. The number of aromatic nitrogens is 4. The van der Waals surface area contributed by atoms with Crippen LogP contribution in [-0.2, 0) is 23.8 Å². The number of hydrogen-bond donors (Lipinski definition) is 4. The SMILES string of the molecule is COC(=O)N[C@H](C(=O)N1CCC[C@H]1c1ncc(-c2ccc(C#Cc3ccc4c(ccc5nc([C@@H]6CCCN6C(=O)[C@@H](NC(=O)OC)C6CCOCC6)[nH]c54)c3)cc2)[nH]1)C(C)C. The van der Waals surface area contributed by atoms with Crippen LogP contribution in [0.15, 0.2) is 60.8 Å². The highest BCUT2D eigenvalue weighted by Crippen LogP contribution is 2.36. The first-order chi connectivity index (χ1) is 29.6. The standard InChI is InChI=1S/C46H52N8O7/c1-27(2)38(51-45(57)59-3)43(55)53-21-5-7-36(53)41-47-26-35(49-41)30-14-11-28(12-15-30)9-10-29-13-17-33-32(25-29)16-18-34-40(33)50-42(48-34)37-8-6-22-54(37)44(56)39(52-46(58)60-4)31-19-23-61-24-20-31/h11-18,25-27,31,36-39H,5-8,19-24H2,1-4H3,(H,47,49)(H,48,50)(H,51,57)(H,52,58)/t36-,37-,38-,39-/m0/s1. The molecule has 0 bridgehead atoms. The van der Waals surface area contributed by atoms with Gasteiger partial charge in [0.2, 0.25) is 11.8 Å². The fourth-order valence-corrected chi connectivity index (χ4v) is 8.90. The number of aromatic amines is 2. The minimum Gasteiger partial charge on any atom is -0.453 e. The van der Waals surface area contributed by atoms with E-state index in [1.165, 1.54) is 14.2 Å². The van der Waals surface area contributed by atoms with Gasteiger partial charge < -0.3 is 44.6 Å². The van der Waals surface area contributed by atoms with E-state index >= 15 is 0 Å². The minimum atomic E-state index is -0.694. The number of carbonyl (C=O) groups excluding carboxylic acids is 4. The van der Waals surface area contributed by atoms with E-state index in [2.05, 4.69) is 49.6 Å². The average Bonchev–Trinajstić information content (AvgIpc) is 4.13. The molecule has 4 N–H and O–H groups in total. The molecule has 0 aliphatic carbocycles. The number of amides is 4. The van der Waals surface area contributed by atoms with Gasteiger partial charge in [-0.2, -0.15) is 0 Å². The van der Waals surface area contributed by atoms with Crippen molar-refractivity contribution in [2.45, 2.75) is 76.5 Å². The van der Waals surface area contributed by atoms with Crippen molar-refractivity contribution in [3.63, 3.8) is 0 Å². The van der Waals surface area contributed by atoms with Gasteiger partial charge >= 0.3 is 12.2 Å². The first kappa shape index (κ1) is 41.3. The highest BCUT2D eigenvalue weighted by Gasteiger charge is 2.41. The van der Waals surface area contributed by atoms with Gasteiger partial charge in [0, 0.05) is 42.8 Å². The zero-order chi connectivity index (χ0) is 42.6. The van der Waals surface area contributed by atoms with Crippen LogP contribution in [0.2, 0.25) is 0 Å². The van der Waals surface area contributed by atoms with Gasteiger partial charge in [-0.05, 0) is 91.6 Å². The number of H-pyrrole nitrogens is 2. The lowest BCUT2D eigenvalue weighted by molar-refractivity contribution is -0.137. The Hall–Kier alpha value is -6.40. The average molecular weight is 829 g/mol. The Morgan fingerprint density at radius 1 is 0.787 bits per heavy atom. The number of ether oxygens (including phenoxy) is 3. The van der Waals surface area contributed by atoms with Crippen molar-refractivity contribution in [3.05, 3.63) is 83.6 Å². The quantitative estimate of drug-likeness (QED) is 0.123. The molecule has 15 nitrogen and oxygen atoms in total. The minimum absolute atomic E-state index is 0.0352. The van der Waals surface area contributed by atoms with E-state index < -0.39 is 24.3 Å². The number of alkyl carbamates (subject to hydrolysis) is 2. The van der Waals surface area contributed by atoms with Crippen LogP contribution >= 0.6 is 0 Å². The molecule has 3 aromatic carbocycles. The van der Waals surface area contributed by atoms with E-state index in [1.807, 2.05) is 61.2 Å². The number of likely N-dealkylation sites (tertiary alicyclic amines) is 2. The lowest BCUT2D eigenvalue weighted by Crippen LogP contribution is -2.53. The molecule has 3 saturated heterocycles. The van der Waals surface area contributed by atoms with E-state index in [0.717, 1.165) is 75.7 Å². The Morgan fingerprint density at radius 3 is 2.15 bits per heavy atom. The van der Waals surface area contributed by atoms with E-state index in [-0.39, 0.29) is 35.7 Å². The highest BCUT2D eigenvalue weighted by molar-refractivity contribution is 6.04. The number of rotatable bonds is 9. The molecule has 318 valence electrons. The Bertz CT molecular complexity index is 2480. The van der Waals surface area contributed by atoms with Crippen LogP contribution in [0.1, 0.15) is 87.2 Å². The van der Waals surface area contributed by atoms with Gasteiger partial charge in [0.05, 0.1) is 49.2 Å². The zero-order valence-electron chi connectivity index (χ0n) is 35.0. The lowest BCUT2D eigenvalue weighted by atomic mass is 9.90. The second-order valence-corrected chi connectivity index (χ2v) is 16.3. The number of hydrogen-bond acceptors (Lipinski definition) is 9. The fourth-order valence-electron chi connectivity index (χ4n) is 8.90. The molecule has 3 aliphatic heterocycles. The summed E-state index contributed by atoms with van der Waals surface area (Å²) in [6.45, 7) is 6.08.